The summed E-state index contributed by atoms with van der Waals surface area (Å²) in [7, 11) is -1.49. The minimum atomic E-state index is -3.10. The van der Waals surface area contributed by atoms with E-state index >= 15 is 0 Å². The molecule has 1 saturated heterocycles. The van der Waals surface area contributed by atoms with Crippen LogP contribution in [0.3, 0.4) is 0 Å². The van der Waals surface area contributed by atoms with Gasteiger partial charge in [0.15, 0.2) is 15.7 Å². The minimum Gasteiger partial charge on any atom is -0.316 e. The van der Waals surface area contributed by atoms with Gasteiger partial charge in [0, 0.05) is 13.1 Å². The Morgan fingerprint density at radius 3 is 2.73 bits per heavy atom. The molecule has 8 heteroatoms. The molecule has 1 aromatic rings. The Morgan fingerprint density at radius 2 is 2.27 bits per heavy atom. The fourth-order valence-electron chi connectivity index (χ4n) is 1.46. The molecule has 0 bridgehead atoms. The third kappa shape index (κ3) is 2.72. The first-order valence-electron chi connectivity index (χ1n) is 4.69. The van der Waals surface area contributed by atoms with Crippen molar-refractivity contribution >= 4 is 9.84 Å². The minimum absolute atomic E-state index is 0.114. The molecule has 2 heterocycles. The molecule has 2 rings (SSSR count). The zero-order valence-electron chi connectivity index (χ0n) is 8.42. The Kier molecular flexibility index (Phi) is 2.70. The lowest BCUT2D eigenvalue weighted by Crippen LogP contribution is -2.45. The number of hydrogen-bond acceptors (Lipinski definition) is 6. The first-order valence-corrected chi connectivity index (χ1v) is 6.51. The van der Waals surface area contributed by atoms with E-state index in [1.807, 2.05) is 0 Å². The Morgan fingerprint density at radius 1 is 1.53 bits per heavy atom. The second-order valence-electron chi connectivity index (χ2n) is 3.77. The fraction of sp³-hybridized carbons (Fsp3) is 0.857. The van der Waals surface area contributed by atoms with Gasteiger partial charge < -0.3 is 5.32 Å². The number of nitrogens with one attached hydrogen (secondary N) is 1. The van der Waals surface area contributed by atoms with Gasteiger partial charge in [-0.2, -0.15) is 4.80 Å². The lowest BCUT2D eigenvalue weighted by Gasteiger charge is -2.26. The van der Waals surface area contributed by atoms with Gasteiger partial charge in [0.25, 0.3) is 0 Å². The van der Waals surface area contributed by atoms with Crippen LogP contribution in [0.15, 0.2) is 0 Å². The van der Waals surface area contributed by atoms with Crippen LogP contribution in [0, 0.1) is 5.92 Å². The van der Waals surface area contributed by atoms with Gasteiger partial charge in [-0.1, -0.05) is 0 Å². The molecule has 1 N–H and O–H groups in total. The Bertz CT molecular complexity index is 436. The number of aryl methyl sites for hydroxylation is 1. The quantitative estimate of drug-likeness (QED) is 0.667. The van der Waals surface area contributed by atoms with Crippen molar-refractivity contribution in [3.05, 3.63) is 5.82 Å². The molecule has 0 amide bonds. The molecule has 15 heavy (non-hydrogen) atoms. The summed E-state index contributed by atoms with van der Waals surface area (Å²) < 4.78 is 23.3. The summed E-state index contributed by atoms with van der Waals surface area (Å²) >= 11 is 0. The van der Waals surface area contributed by atoms with E-state index in [2.05, 4.69) is 20.7 Å². The molecular weight excluding hydrogens is 218 g/mol. The van der Waals surface area contributed by atoms with Crippen LogP contribution in [-0.2, 0) is 22.6 Å². The van der Waals surface area contributed by atoms with Crippen LogP contribution in [0.4, 0.5) is 0 Å². The van der Waals surface area contributed by atoms with Crippen LogP contribution < -0.4 is 5.32 Å². The molecule has 0 aromatic carbocycles. The van der Waals surface area contributed by atoms with Crippen molar-refractivity contribution in [3.8, 4) is 0 Å². The van der Waals surface area contributed by atoms with Gasteiger partial charge in [-0.25, -0.2) is 8.42 Å². The zero-order valence-corrected chi connectivity index (χ0v) is 9.24. The summed E-state index contributed by atoms with van der Waals surface area (Å²) in [6, 6.07) is 0. The molecule has 1 fully saturated rings. The van der Waals surface area contributed by atoms with Gasteiger partial charge in [0.1, 0.15) is 5.75 Å². The second-order valence-corrected chi connectivity index (χ2v) is 5.88. The second kappa shape index (κ2) is 3.86. The summed E-state index contributed by atoms with van der Waals surface area (Å²) in [5, 5.41) is 14.1. The molecule has 1 aromatic heterocycles. The maximum absolute atomic E-state index is 11.7. The molecule has 1 aliphatic heterocycles. The monoisotopic (exact) mass is 231 g/mol. The first kappa shape index (κ1) is 10.5. The number of nitrogens with zero attached hydrogens (tertiary/aromatic N) is 4. The highest BCUT2D eigenvalue weighted by atomic mass is 32.2. The van der Waals surface area contributed by atoms with Crippen LogP contribution >= 0.6 is 0 Å². The lowest BCUT2D eigenvalue weighted by atomic mass is 10.1. The van der Waals surface area contributed by atoms with Gasteiger partial charge in [-0.3, -0.25) is 0 Å². The summed E-state index contributed by atoms with van der Waals surface area (Å²) in [5.74, 6) is 0.603. The predicted molar refractivity (Wildman–Crippen MR) is 52.6 cm³/mol. The number of rotatable bonds is 4. The highest BCUT2D eigenvalue weighted by molar-refractivity contribution is 7.90. The summed E-state index contributed by atoms with van der Waals surface area (Å²) in [5.41, 5.74) is 0. The van der Waals surface area contributed by atoms with Crippen LogP contribution in [0.1, 0.15) is 5.82 Å². The van der Waals surface area contributed by atoms with E-state index in [0.29, 0.717) is 0 Å². The molecule has 0 aliphatic carbocycles. The fourth-order valence-corrected chi connectivity index (χ4v) is 3.04. The first-order chi connectivity index (χ1) is 7.05. The van der Waals surface area contributed by atoms with Crippen molar-refractivity contribution in [1.82, 2.24) is 25.5 Å². The average molecular weight is 231 g/mol. The molecule has 7 nitrogen and oxygen atoms in total. The third-order valence-electron chi connectivity index (χ3n) is 2.25. The van der Waals surface area contributed by atoms with Gasteiger partial charge in [-0.05, 0) is 11.1 Å². The summed E-state index contributed by atoms with van der Waals surface area (Å²) in [4.78, 5) is 1.26. The Labute approximate surface area is 87.8 Å². The zero-order chi connectivity index (χ0) is 10.9. The topological polar surface area (TPSA) is 89.8 Å². The van der Waals surface area contributed by atoms with Crippen molar-refractivity contribution in [2.24, 2.45) is 13.0 Å². The third-order valence-corrected chi connectivity index (χ3v) is 3.93. The largest absolute Gasteiger partial charge is 0.316 e. The van der Waals surface area contributed by atoms with E-state index in [0.717, 1.165) is 13.1 Å². The van der Waals surface area contributed by atoms with Crippen LogP contribution in [0.5, 0.6) is 0 Å². The molecule has 0 unspecified atom stereocenters. The van der Waals surface area contributed by atoms with Gasteiger partial charge in [-0.15, -0.1) is 10.2 Å². The van der Waals surface area contributed by atoms with Gasteiger partial charge >= 0.3 is 0 Å². The highest BCUT2D eigenvalue weighted by Crippen LogP contribution is 2.10. The molecular formula is C7H13N5O2S. The molecule has 0 atom stereocenters. The number of hydrogen-bond donors (Lipinski definition) is 1. The predicted octanol–water partition coefficient (Wildman–Crippen LogP) is -1.66. The van der Waals surface area contributed by atoms with Crippen molar-refractivity contribution in [2.75, 3.05) is 18.8 Å². The molecule has 1 aliphatic rings. The SMILES string of the molecule is Cn1nnc(CS(=O)(=O)CC2CNC2)n1. The maximum atomic E-state index is 11.7. The van der Waals surface area contributed by atoms with Crippen LogP contribution in [-0.4, -0.2) is 47.5 Å². The smallest absolute Gasteiger partial charge is 0.189 e. The van der Waals surface area contributed by atoms with Crippen molar-refractivity contribution < 1.29 is 8.42 Å². The van der Waals surface area contributed by atoms with E-state index in [1.165, 1.54) is 4.80 Å². The van der Waals surface area contributed by atoms with E-state index in [-0.39, 0.29) is 23.2 Å². The van der Waals surface area contributed by atoms with Crippen molar-refractivity contribution in [2.45, 2.75) is 5.75 Å². The molecule has 0 saturated carbocycles. The lowest BCUT2D eigenvalue weighted by molar-refractivity contribution is 0.378. The maximum Gasteiger partial charge on any atom is 0.189 e. The average Bonchev–Trinajstić information content (AvgIpc) is 2.43. The molecule has 84 valence electrons. The molecule has 0 spiro atoms. The van der Waals surface area contributed by atoms with E-state index < -0.39 is 9.84 Å². The van der Waals surface area contributed by atoms with Gasteiger partial charge in [0.05, 0.1) is 12.8 Å². The van der Waals surface area contributed by atoms with Gasteiger partial charge in [0.2, 0.25) is 0 Å². The van der Waals surface area contributed by atoms with Crippen molar-refractivity contribution in [3.63, 3.8) is 0 Å². The molecule has 0 radical (unpaired) electrons. The van der Waals surface area contributed by atoms with E-state index in [4.69, 9.17) is 0 Å². The Balaban J connectivity index is 1.97. The number of aromatic nitrogens is 4. The number of tetrazole rings is 1. The normalized spacial score (nSPS) is 17.7. The van der Waals surface area contributed by atoms with Crippen molar-refractivity contribution in [1.29, 1.82) is 0 Å². The van der Waals surface area contributed by atoms with E-state index in [1.54, 1.807) is 7.05 Å². The van der Waals surface area contributed by atoms with Crippen LogP contribution in [0.25, 0.3) is 0 Å². The summed E-state index contributed by atoms with van der Waals surface area (Å²) in [6.45, 7) is 1.57. The standard InChI is InChI=1S/C7H13N5O2S/c1-12-10-7(9-11-12)5-15(13,14)4-6-2-8-3-6/h6,8H,2-5H2,1H3. The van der Waals surface area contributed by atoms with E-state index in [9.17, 15) is 8.42 Å². The Hall–Kier alpha value is -1.02. The summed E-state index contributed by atoms with van der Waals surface area (Å²) in [6.07, 6.45) is 0. The highest BCUT2D eigenvalue weighted by Gasteiger charge is 2.25. The number of sulfone groups is 1. The van der Waals surface area contributed by atoms with Crippen LogP contribution in [0.2, 0.25) is 0 Å².